The third-order valence-corrected chi connectivity index (χ3v) is 2.70. The van der Waals surface area contributed by atoms with Crippen molar-refractivity contribution in [3.8, 4) is 0 Å². The van der Waals surface area contributed by atoms with Gasteiger partial charge in [-0.2, -0.15) is 0 Å². The van der Waals surface area contributed by atoms with Crippen LogP contribution in [0.1, 0.15) is 20.7 Å². The number of hydrogen-bond donors (Lipinski definition) is 0. The largest absolute Gasteiger partial charge is 0.491 e. The lowest BCUT2D eigenvalue weighted by Gasteiger charge is -2.24. The smallest absolute Gasteiger partial charge is 0.230 e. The highest BCUT2D eigenvalue weighted by Gasteiger charge is 2.33. The summed E-state index contributed by atoms with van der Waals surface area (Å²) in [5, 5.41) is 0. The zero-order valence-electron chi connectivity index (χ0n) is 9.98. The van der Waals surface area contributed by atoms with Gasteiger partial charge in [0.25, 0.3) is 0 Å². The molecule has 0 fully saturated rings. The second-order valence-corrected chi connectivity index (χ2v) is 3.98. The molecule has 0 bridgehead atoms. The van der Waals surface area contributed by atoms with Crippen LogP contribution in [-0.4, -0.2) is 37.7 Å². The van der Waals surface area contributed by atoms with Gasteiger partial charge < -0.3 is 9.64 Å². The van der Waals surface area contributed by atoms with Gasteiger partial charge in [-0.3, -0.25) is 9.59 Å². The molecule has 4 heteroatoms. The van der Waals surface area contributed by atoms with Crippen molar-refractivity contribution in [2.24, 2.45) is 0 Å². The molecular formula is C13H13NO3. The third-order valence-electron chi connectivity index (χ3n) is 2.70. The zero-order valence-corrected chi connectivity index (χ0v) is 9.98. The molecule has 0 atom stereocenters. The Labute approximate surface area is 99.5 Å². The van der Waals surface area contributed by atoms with E-state index in [-0.39, 0.29) is 17.3 Å². The average Bonchev–Trinajstić information content (AvgIpc) is 2.33. The number of carbonyl (C=O) groups is 2. The highest BCUT2D eigenvalue weighted by molar-refractivity contribution is 6.25. The Morgan fingerprint density at radius 1 is 1.00 bits per heavy atom. The maximum atomic E-state index is 12.2. The fraction of sp³-hybridized carbons (Fsp3) is 0.231. The topological polar surface area (TPSA) is 46.6 Å². The Morgan fingerprint density at radius 3 is 2.00 bits per heavy atom. The summed E-state index contributed by atoms with van der Waals surface area (Å²) in [4.78, 5) is 26.0. The van der Waals surface area contributed by atoms with E-state index in [0.717, 1.165) is 0 Å². The molecule has 0 amide bonds. The first kappa shape index (κ1) is 11.4. The molecular weight excluding hydrogens is 218 g/mol. The number of methoxy groups -OCH3 is 1. The number of nitrogens with zero attached hydrogens (tertiary/aromatic N) is 1. The van der Waals surface area contributed by atoms with Crippen LogP contribution < -0.4 is 0 Å². The molecule has 1 aromatic rings. The Morgan fingerprint density at radius 2 is 1.53 bits per heavy atom. The predicted octanol–water partition coefficient (Wildman–Crippen LogP) is 1.49. The monoisotopic (exact) mass is 231 g/mol. The Balaban J connectivity index is 2.69. The standard InChI is InChI=1S/C13H13NO3/c1-14(2)10-11(15)8-6-4-5-7-9(8)12(16)13(10)17-3/h4-7H,1-3H3. The number of ether oxygens (including phenoxy) is 1. The molecule has 0 spiro atoms. The molecule has 0 unspecified atom stereocenters. The van der Waals surface area contributed by atoms with Crippen LogP contribution in [0.5, 0.6) is 0 Å². The molecule has 0 N–H and O–H groups in total. The van der Waals surface area contributed by atoms with Crippen LogP contribution >= 0.6 is 0 Å². The first-order chi connectivity index (χ1) is 8.07. The van der Waals surface area contributed by atoms with E-state index in [1.165, 1.54) is 7.11 Å². The number of rotatable bonds is 2. The summed E-state index contributed by atoms with van der Waals surface area (Å²) in [5.74, 6) is -0.313. The summed E-state index contributed by atoms with van der Waals surface area (Å²) < 4.78 is 5.07. The predicted molar refractivity (Wildman–Crippen MR) is 62.8 cm³/mol. The van der Waals surface area contributed by atoms with Gasteiger partial charge in [0.1, 0.15) is 5.70 Å². The molecule has 0 heterocycles. The maximum Gasteiger partial charge on any atom is 0.230 e. The maximum absolute atomic E-state index is 12.2. The highest BCUT2D eigenvalue weighted by atomic mass is 16.5. The van der Waals surface area contributed by atoms with Crippen molar-refractivity contribution in [3.63, 3.8) is 0 Å². The van der Waals surface area contributed by atoms with E-state index in [2.05, 4.69) is 0 Å². The van der Waals surface area contributed by atoms with Gasteiger partial charge in [-0.1, -0.05) is 24.3 Å². The summed E-state index contributed by atoms with van der Waals surface area (Å²) in [6.45, 7) is 0. The van der Waals surface area contributed by atoms with Gasteiger partial charge in [0.2, 0.25) is 11.6 Å². The molecule has 17 heavy (non-hydrogen) atoms. The minimum atomic E-state index is -0.244. The van der Waals surface area contributed by atoms with E-state index in [4.69, 9.17) is 4.74 Å². The van der Waals surface area contributed by atoms with Crippen LogP contribution in [0.3, 0.4) is 0 Å². The van der Waals surface area contributed by atoms with Gasteiger partial charge in [0, 0.05) is 25.2 Å². The van der Waals surface area contributed by atoms with Crippen molar-refractivity contribution < 1.29 is 14.3 Å². The first-order valence-electron chi connectivity index (χ1n) is 5.22. The van der Waals surface area contributed by atoms with Gasteiger partial charge in [-0.05, 0) is 0 Å². The first-order valence-corrected chi connectivity index (χ1v) is 5.22. The lowest BCUT2D eigenvalue weighted by Crippen LogP contribution is -2.30. The van der Waals surface area contributed by atoms with E-state index >= 15 is 0 Å². The van der Waals surface area contributed by atoms with Crippen LogP contribution in [0, 0.1) is 0 Å². The molecule has 0 radical (unpaired) electrons. The molecule has 0 saturated carbocycles. The molecule has 1 aromatic carbocycles. The van der Waals surface area contributed by atoms with E-state index in [1.54, 1.807) is 43.3 Å². The number of allylic oxidation sites excluding steroid dienone is 2. The average molecular weight is 231 g/mol. The minimum Gasteiger partial charge on any atom is -0.491 e. The molecule has 88 valence electrons. The molecule has 4 nitrogen and oxygen atoms in total. The number of ketones is 2. The Kier molecular flexibility index (Phi) is 2.71. The lowest BCUT2D eigenvalue weighted by atomic mass is 9.91. The number of carbonyl (C=O) groups excluding carboxylic acids is 2. The van der Waals surface area contributed by atoms with E-state index in [1.807, 2.05) is 0 Å². The van der Waals surface area contributed by atoms with Crippen molar-refractivity contribution >= 4 is 11.6 Å². The molecule has 0 saturated heterocycles. The van der Waals surface area contributed by atoms with Crippen LogP contribution in [-0.2, 0) is 4.74 Å². The quantitative estimate of drug-likeness (QED) is 0.773. The Hall–Kier alpha value is -2.10. The highest BCUT2D eigenvalue weighted by Crippen LogP contribution is 2.27. The van der Waals surface area contributed by atoms with Crippen molar-refractivity contribution in [2.45, 2.75) is 0 Å². The fourth-order valence-electron chi connectivity index (χ4n) is 1.94. The summed E-state index contributed by atoms with van der Waals surface area (Å²) in [7, 11) is 4.83. The summed E-state index contributed by atoms with van der Waals surface area (Å²) in [6, 6.07) is 6.78. The second kappa shape index (κ2) is 4.05. The zero-order chi connectivity index (χ0) is 12.6. The number of fused-ring (bicyclic) bond motifs is 1. The second-order valence-electron chi connectivity index (χ2n) is 3.98. The minimum absolute atomic E-state index is 0.110. The molecule has 2 rings (SSSR count). The van der Waals surface area contributed by atoms with E-state index < -0.39 is 0 Å². The van der Waals surface area contributed by atoms with Crippen molar-refractivity contribution in [1.29, 1.82) is 0 Å². The molecule has 1 aliphatic rings. The van der Waals surface area contributed by atoms with Crippen molar-refractivity contribution in [2.75, 3.05) is 21.2 Å². The van der Waals surface area contributed by atoms with E-state index in [0.29, 0.717) is 16.8 Å². The van der Waals surface area contributed by atoms with Crippen molar-refractivity contribution in [1.82, 2.24) is 4.90 Å². The molecule has 1 aliphatic carbocycles. The molecule has 0 aromatic heterocycles. The van der Waals surface area contributed by atoms with Gasteiger partial charge in [-0.15, -0.1) is 0 Å². The van der Waals surface area contributed by atoms with Gasteiger partial charge in [0.15, 0.2) is 5.76 Å². The number of Topliss-reactive ketones (excluding diaryl/α,β-unsaturated/α-hetero) is 2. The number of benzene rings is 1. The summed E-state index contributed by atoms with van der Waals surface area (Å²) in [5.41, 5.74) is 1.14. The van der Waals surface area contributed by atoms with Crippen molar-refractivity contribution in [3.05, 3.63) is 46.8 Å². The van der Waals surface area contributed by atoms with Crippen LogP contribution in [0.15, 0.2) is 35.7 Å². The van der Waals surface area contributed by atoms with Crippen LogP contribution in [0.4, 0.5) is 0 Å². The normalized spacial score (nSPS) is 14.8. The number of hydrogen-bond acceptors (Lipinski definition) is 4. The van der Waals surface area contributed by atoms with Gasteiger partial charge in [0.05, 0.1) is 7.11 Å². The number of likely N-dealkylation sites (N-methyl/N-ethyl adjacent to an activating group) is 1. The summed E-state index contributed by atoms with van der Waals surface area (Å²) in [6.07, 6.45) is 0. The summed E-state index contributed by atoms with van der Waals surface area (Å²) >= 11 is 0. The van der Waals surface area contributed by atoms with Crippen LogP contribution in [0.2, 0.25) is 0 Å². The van der Waals surface area contributed by atoms with Crippen LogP contribution in [0.25, 0.3) is 0 Å². The van der Waals surface area contributed by atoms with Gasteiger partial charge >= 0.3 is 0 Å². The molecule has 0 aliphatic heterocycles. The lowest BCUT2D eigenvalue weighted by molar-refractivity contribution is 0.0881. The SMILES string of the molecule is COC1=C(N(C)C)C(=O)c2ccccc2C1=O. The Bertz CT molecular complexity index is 529. The third kappa shape index (κ3) is 1.62. The van der Waals surface area contributed by atoms with Gasteiger partial charge in [-0.25, -0.2) is 0 Å². The van der Waals surface area contributed by atoms with E-state index in [9.17, 15) is 9.59 Å². The fourth-order valence-corrected chi connectivity index (χ4v) is 1.94.